The minimum absolute atomic E-state index is 0.00456. The number of nitrogens with zero attached hydrogens (tertiary/aromatic N) is 4. The molecule has 0 aliphatic heterocycles. The molecule has 15 heteroatoms. The van der Waals surface area contributed by atoms with Crippen LogP contribution in [0, 0.1) is 0 Å². The molecule has 0 saturated heterocycles. The fourth-order valence-corrected chi connectivity index (χ4v) is 5.15. The molecule has 3 amide bonds. The molecule has 2 heterocycles. The molecule has 0 aliphatic rings. The lowest BCUT2D eigenvalue weighted by molar-refractivity contribution is -0.140. The normalized spacial score (nSPS) is 13.2. The van der Waals surface area contributed by atoms with Crippen LogP contribution < -0.4 is 11.1 Å². The second kappa shape index (κ2) is 12.7. The molecular weight excluding hydrogens is 613 g/mol. The molecule has 0 fully saturated rings. The van der Waals surface area contributed by atoms with Crippen LogP contribution >= 0.6 is 11.3 Å². The Labute approximate surface area is 260 Å². The summed E-state index contributed by atoms with van der Waals surface area (Å²) in [5.74, 6) is -1.53. The van der Waals surface area contributed by atoms with E-state index >= 15 is 0 Å². The van der Waals surface area contributed by atoms with E-state index in [9.17, 15) is 27.6 Å². The second-order valence-electron chi connectivity index (χ2n) is 11.5. The van der Waals surface area contributed by atoms with Gasteiger partial charge < -0.3 is 25.1 Å². The molecule has 0 aliphatic carbocycles. The largest absolute Gasteiger partial charge is 0.444 e. The lowest BCUT2D eigenvalue weighted by atomic mass is 9.92. The molecule has 0 radical (unpaired) electrons. The van der Waals surface area contributed by atoms with Crippen LogP contribution in [0.4, 0.5) is 18.0 Å². The molecule has 4 aromatic rings. The molecule has 3 N–H and O–H groups in total. The number of rotatable bonds is 9. The molecule has 2 aromatic carbocycles. The average Bonchev–Trinajstić information content (AvgIpc) is 3.62. The highest BCUT2D eigenvalue weighted by molar-refractivity contribution is 7.09. The van der Waals surface area contributed by atoms with E-state index in [4.69, 9.17) is 14.9 Å². The fourth-order valence-electron chi connectivity index (χ4n) is 4.29. The molecule has 238 valence electrons. The Morgan fingerprint density at radius 3 is 2.29 bits per heavy atom. The summed E-state index contributed by atoms with van der Waals surface area (Å²) in [6, 6.07) is 13.3. The average molecular weight is 645 g/mol. The van der Waals surface area contributed by atoms with Gasteiger partial charge in [0.15, 0.2) is 5.69 Å². The Bertz CT molecular complexity index is 1700. The summed E-state index contributed by atoms with van der Waals surface area (Å²) in [4.78, 5) is 43.0. The lowest BCUT2D eigenvalue weighted by Gasteiger charge is -2.29. The van der Waals surface area contributed by atoms with Gasteiger partial charge in [-0.25, -0.2) is 9.78 Å². The van der Waals surface area contributed by atoms with E-state index in [2.05, 4.69) is 20.5 Å². The summed E-state index contributed by atoms with van der Waals surface area (Å²) < 4.78 is 50.4. The van der Waals surface area contributed by atoms with Gasteiger partial charge in [-0.3, -0.25) is 9.59 Å². The number of carbonyl (C=O) groups is 3. The number of amides is 3. The maximum atomic E-state index is 13.3. The SMILES string of the molecule is CN(Cc1nc(C(F)(F)F)cs1)C(=O)c1cc(C(N)=O)cc(-c2nnc(C(C)(Cc3ccccc3)NC(=O)OC(C)(C)C)o2)c1. The summed E-state index contributed by atoms with van der Waals surface area (Å²) in [6.07, 6.45) is -5.07. The van der Waals surface area contributed by atoms with Crippen LogP contribution in [0.5, 0.6) is 0 Å². The highest BCUT2D eigenvalue weighted by Crippen LogP contribution is 2.32. The van der Waals surface area contributed by atoms with Crippen LogP contribution in [-0.2, 0) is 29.4 Å². The van der Waals surface area contributed by atoms with Crippen molar-refractivity contribution in [3.05, 3.63) is 87.2 Å². The number of aromatic nitrogens is 3. The number of benzene rings is 2. The van der Waals surface area contributed by atoms with E-state index in [1.54, 1.807) is 27.7 Å². The summed E-state index contributed by atoms with van der Waals surface area (Å²) in [5.41, 5.74) is 3.45. The third kappa shape index (κ3) is 8.44. The molecular formula is C30H31F3N6O5S. The van der Waals surface area contributed by atoms with Gasteiger partial charge in [0.2, 0.25) is 17.7 Å². The molecule has 45 heavy (non-hydrogen) atoms. The van der Waals surface area contributed by atoms with Crippen molar-refractivity contribution >= 4 is 29.2 Å². The Hall–Kier alpha value is -4.79. The van der Waals surface area contributed by atoms with Gasteiger partial charge in [-0.2, -0.15) is 13.2 Å². The van der Waals surface area contributed by atoms with Crippen molar-refractivity contribution in [3.63, 3.8) is 0 Å². The zero-order valence-corrected chi connectivity index (χ0v) is 25.9. The number of ether oxygens (including phenoxy) is 1. The Kier molecular flexibility index (Phi) is 9.32. The van der Waals surface area contributed by atoms with Crippen molar-refractivity contribution in [2.45, 2.75) is 58.0 Å². The van der Waals surface area contributed by atoms with Crippen molar-refractivity contribution in [3.8, 4) is 11.5 Å². The lowest BCUT2D eigenvalue weighted by Crippen LogP contribution is -2.47. The Morgan fingerprint density at radius 2 is 1.69 bits per heavy atom. The molecule has 0 spiro atoms. The Balaban J connectivity index is 1.66. The van der Waals surface area contributed by atoms with Crippen LogP contribution in [0.3, 0.4) is 0 Å². The predicted octanol–water partition coefficient (Wildman–Crippen LogP) is 5.57. The van der Waals surface area contributed by atoms with Crippen LogP contribution in [0.25, 0.3) is 11.5 Å². The third-order valence-electron chi connectivity index (χ3n) is 6.35. The summed E-state index contributed by atoms with van der Waals surface area (Å²) in [5, 5.41) is 12.1. The van der Waals surface area contributed by atoms with Crippen molar-refractivity contribution in [2.24, 2.45) is 5.73 Å². The first kappa shape index (κ1) is 33.1. The van der Waals surface area contributed by atoms with Crippen LogP contribution in [0.15, 0.2) is 58.3 Å². The van der Waals surface area contributed by atoms with Gasteiger partial charge in [-0.15, -0.1) is 21.5 Å². The predicted molar refractivity (Wildman–Crippen MR) is 158 cm³/mol. The second-order valence-corrected chi connectivity index (χ2v) is 12.4. The maximum Gasteiger partial charge on any atom is 0.434 e. The van der Waals surface area contributed by atoms with E-state index in [0.717, 1.165) is 27.2 Å². The number of hydrogen-bond acceptors (Lipinski definition) is 9. The maximum absolute atomic E-state index is 13.3. The summed E-state index contributed by atoms with van der Waals surface area (Å²) >= 11 is 0.767. The summed E-state index contributed by atoms with van der Waals surface area (Å²) in [7, 11) is 1.38. The zero-order chi connectivity index (χ0) is 33.2. The Morgan fingerprint density at radius 1 is 1.02 bits per heavy atom. The number of nitrogens with one attached hydrogen (secondary N) is 1. The van der Waals surface area contributed by atoms with Crippen molar-refractivity contribution in [1.29, 1.82) is 0 Å². The van der Waals surface area contributed by atoms with E-state index in [1.165, 1.54) is 25.2 Å². The number of hydrogen-bond donors (Lipinski definition) is 2. The molecule has 2 aromatic heterocycles. The molecule has 1 atom stereocenters. The molecule has 1 unspecified atom stereocenters. The standard InChI is InChI=1S/C30H31F3N6O5S/c1-28(2,3)44-27(42)36-29(4,14-17-9-7-6-8-10-17)26-38-37-24(43-26)19-11-18(23(34)40)12-20(13-19)25(41)39(5)15-22-35-21(16-45-22)30(31,32)33/h6-13,16H,14-15H2,1-5H3,(H2,34,40)(H,36,42). The van der Waals surface area contributed by atoms with Gasteiger partial charge in [0, 0.05) is 35.5 Å². The van der Waals surface area contributed by atoms with Gasteiger partial charge in [-0.05, 0) is 51.5 Å². The smallest absolute Gasteiger partial charge is 0.434 e. The minimum Gasteiger partial charge on any atom is -0.444 e. The number of carbonyl (C=O) groups excluding carboxylic acids is 3. The first-order chi connectivity index (χ1) is 20.9. The number of alkyl halides is 3. The number of halogens is 3. The molecule has 11 nitrogen and oxygen atoms in total. The van der Waals surface area contributed by atoms with E-state index in [0.29, 0.717) is 0 Å². The first-order valence-corrected chi connectivity index (χ1v) is 14.4. The van der Waals surface area contributed by atoms with Crippen molar-refractivity contribution in [2.75, 3.05) is 7.05 Å². The van der Waals surface area contributed by atoms with Crippen LogP contribution in [-0.4, -0.2) is 50.6 Å². The number of thiazole rings is 1. The van der Waals surface area contributed by atoms with E-state index < -0.39 is 40.9 Å². The van der Waals surface area contributed by atoms with Crippen LogP contribution in [0.2, 0.25) is 0 Å². The summed E-state index contributed by atoms with van der Waals surface area (Å²) in [6.45, 7) is 6.66. The highest BCUT2D eigenvalue weighted by atomic mass is 32.1. The topological polar surface area (TPSA) is 154 Å². The zero-order valence-electron chi connectivity index (χ0n) is 25.1. The van der Waals surface area contributed by atoms with Crippen molar-refractivity contribution < 1.29 is 36.7 Å². The third-order valence-corrected chi connectivity index (χ3v) is 7.18. The quantitative estimate of drug-likeness (QED) is 0.240. The number of alkyl carbamates (subject to hydrolysis) is 1. The highest BCUT2D eigenvalue weighted by Gasteiger charge is 2.37. The first-order valence-electron chi connectivity index (χ1n) is 13.5. The monoisotopic (exact) mass is 644 g/mol. The van der Waals surface area contributed by atoms with Gasteiger partial charge in [-0.1, -0.05) is 30.3 Å². The molecule has 0 saturated carbocycles. The van der Waals surface area contributed by atoms with Crippen LogP contribution in [0.1, 0.15) is 70.6 Å². The van der Waals surface area contributed by atoms with Gasteiger partial charge in [0.25, 0.3) is 5.91 Å². The molecule has 4 rings (SSSR count). The van der Waals surface area contributed by atoms with E-state index in [1.807, 2.05) is 30.3 Å². The fraction of sp³-hybridized carbons (Fsp3) is 0.333. The molecule has 0 bridgehead atoms. The van der Waals surface area contributed by atoms with Gasteiger partial charge in [0.05, 0.1) is 6.54 Å². The van der Waals surface area contributed by atoms with Gasteiger partial charge in [0.1, 0.15) is 16.1 Å². The van der Waals surface area contributed by atoms with E-state index in [-0.39, 0.29) is 46.4 Å². The van der Waals surface area contributed by atoms with Gasteiger partial charge >= 0.3 is 12.3 Å². The minimum atomic E-state index is -4.61. The van der Waals surface area contributed by atoms with Crippen molar-refractivity contribution in [1.82, 2.24) is 25.4 Å². The number of primary amides is 1. The number of nitrogens with two attached hydrogens (primary N) is 1.